The van der Waals surface area contributed by atoms with E-state index in [0.717, 1.165) is 16.4 Å². The molecule has 0 aliphatic heterocycles. The van der Waals surface area contributed by atoms with Crippen LogP contribution >= 0.6 is 23.4 Å². The van der Waals surface area contributed by atoms with Gasteiger partial charge in [0.05, 0.1) is 4.92 Å². The van der Waals surface area contributed by atoms with Crippen LogP contribution in [0, 0.1) is 10.1 Å². The quantitative estimate of drug-likeness (QED) is 0.481. The van der Waals surface area contributed by atoms with Gasteiger partial charge in [0.1, 0.15) is 6.54 Å². The number of carboxylic acids is 1. The van der Waals surface area contributed by atoms with Gasteiger partial charge in [0.25, 0.3) is 5.69 Å². The lowest BCUT2D eigenvalue weighted by Crippen LogP contribution is -2.11. The van der Waals surface area contributed by atoms with Gasteiger partial charge in [0.15, 0.2) is 0 Å². The molecule has 21 heavy (non-hydrogen) atoms. The highest BCUT2D eigenvalue weighted by molar-refractivity contribution is 7.98. The molecule has 110 valence electrons. The Morgan fingerprint density at radius 1 is 1.52 bits per heavy atom. The van der Waals surface area contributed by atoms with Gasteiger partial charge in [0.2, 0.25) is 5.16 Å². The predicted octanol–water partition coefficient (Wildman–Crippen LogP) is 1.61. The Labute approximate surface area is 127 Å². The number of aliphatic carboxylic acids is 1. The fraction of sp³-hybridized carbons (Fsp3) is 0.200. The first-order valence-corrected chi connectivity index (χ1v) is 6.87. The van der Waals surface area contributed by atoms with Crippen LogP contribution in [0.4, 0.5) is 5.69 Å². The van der Waals surface area contributed by atoms with E-state index in [2.05, 4.69) is 15.5 Å². The number of nitro groups is 1. The van der Waals surface area contributed by atoms with E-state index in [9.17, 15) is 14.9 Å². The summed E-state index contributed by atoms with van der Waals surface area (Å²) in [5.41, 5.74) is 0.339. The molecule has 0 saturated carbocycles. The van der Waals surface area contributed by atoms with E-state index >= 15 is 0 Å². The number of halogens is 1. The Balaban J connectivity index is 2.15. The van der Waals surface area contributed by atoms with Crippen LogP contribution in [-0.4, -0.2) is 36.2 Å². The Kier molecular flexibility index (Phi) is 4.70. The molecule has 1 aromatic carbocycles. The van der Waals surface area contributed by atoms with Gasteiger partial charge in [-0.05, 0) is 22.6 Å². The molecule has 2 aromatic rings. The standard InChI is InChI=1S/C10H8ClN5O4S/c11-7-2-1-6(8(3-7)16(19)20)5-21-10-12-13-14-15(10)4-9(17)18/h1-3H,4-5H2,(H,17,18). The molecule has 0 bridgehead atoms. The van der Waals surface area contributed by atoms with Gasteiger partial charge in [-0.15, -0.1) is 5.10 Å². The van der Waals surface area contributed by atoms with E-state index < -0.39 is 10.9 Å². The Hall–Kier alpha value is -2.20. The number of benzene rings is 1. The number of nitro benzene ring substituents is 1. The van der Waals surface area contributed by atoms with Crippen molar-refractivity contribution in [3.05, 3.63) is 38.9 Å². The molecular weight excluding hydrogens is 322 g/mol. The summed E-state index contributed by atoms with van der Waals surface area (Å²) in [6.45, 7) is -0.377. The molecular formula is C10H8ClN5O4S. The molecule has 1 heterocycles. The Morgan fingerprint density at radius 3 is 2.95 bits per heavy atom. The van der Waals surface area contributed by atoms with Crippen molar-refractivity contribution in [3.63, 3.8) is 0 Å². The number of rotatable bonds is 6. The zero-order chi connectivity index (χ0) is 15.4. The minimum Gasteiger partial charge on any atom is -0.480 e. The molecule has 0 saturated heterocycles. The first-order chi connectivity index (χ1) is 9.97. The first-order valence-electron chi connectivity index (χ1n) is 5.51. The third-order valence-electron chi connectivity index (χ3n) is 2.38. The van der Waals surface area contributed by atoms with Crippen molar-refractivity contribution < 1.29 is 14.8 Å². The second kappa shape index (κ2) is 6.50. The van der Waals surface area contributed by atoms with Gasteiger partial charge in [0, 0.05) is 22.4 Å². The second-order valence-electron chi connectivity index (χ2n) is 3.83. The van der Waals surface area contributed by atoms with Crippen LogP contribution in [-0.2, 0) is 17.1 Å². The molecule has 0 atom stereocenters. The summed E-state index contributed by atoms with van der Waals surface area (Å²) in [5, 5.41) is 30.8. The van der Waals surface area contributed by atoms with Gasteiger partial charge >= 0.3 is 5.97 Å². The summed E-state index contributed by atoms with van der Waals surface area (Å²) >= 11 is 6.83. The van der Waals surface area contributed by atoms with Crippen LogP contribution in [0.25, 0.3) is 0 Å². The van der Waals surface area contributed by atoms with E-state index in [1.165, 1.54) is 6.07 Å². The van der Waals surface area contributed by atoms with Gasteiger partial charge in [-0.3, -0.25) is 14.9 Å². The van der Waals surface area contributed by atoms with Crippen LogP contribution in [0.15, 0.2) is 23.4 Å². The van der Waals surface area contributed by atoms with E-state index in [1.54, 1.807) is 12.1 Å². The highest BCUT2D eigenvalue weighted by atomic mass is 35.5. The molecule has 0 aliphatic rings. The van der Waals surface area contributed by atoms with Crippen molar-refractivity contribution in [2.75, 3.05) is 0 Å². The van der Waals surface area contributed by atoms with Crippen LogP contribution in [0.5, 0.6) is 0 Å². The van der Waals surface area contributed by atoms with Gasteiger partial charge in [-0.2, -0.15) is 0 Å². The van der Waals surface area contributed by atoms with E-state index in [0.29, 0.717) is 5.56 Å². The summed E-state index contributed by atoms with van der Waals surface area (Å²) in [6, 6.07) is 4.35. The number of nitrogens with zero attached hydrogens (tertiary/aromatic N) is 5. The zero-order valence-corrected chi connectivity index (χ0v) is 11.9. The van der Waals surface area contributed by atoms with Crippen molar-refractivity contribution >= 4 is 35.0 Å². The van der Waals surface area contributed by atoms with E-state index in [-0.39, 0.29) is 28.2 Å². The van der Waals surface area contributed by atoms with E-state index in [1.807, 2.05) is 0 Å². The first kappa shape index (κ1) is 15.2. The average Bonchev–Trinajstić information content (AvgIpc) is 2.83. The van der Waals surface area contributed by atoms with Crippen LogP contribution < -0.4 is 0 Å². The largest absolute Gasteiger partial charge is 0.480 e. The second-order valence-corrected chi connectivity index (χ2v) is 5.21. The number of carbonyl (C=O) groups is 1. The lowest BCUT2D eigenvalue weighted by molar-refractivity contribution is -0.385. The summed E-state index contributed by atoms with van der Waals surface area (Å²) in [5.74, 6) is -0.866. The minimum atomic E-state index is -1.08. The number of thioether (sulfide) groups is 1. The maximum absolute atomic E-state index is 11.0. The number of hydrogen-bond acceptors (Lipinski definition) is 7. The minimum absolute atomic E-state index is 0.104. The van der Waals surface area contributed by atoms with Crippen LogP contribution in [0.3, 0.4) is 0 Å². The predicted molar refractivity (Wildman–Crippen MR) is 73.1 cm³/mol. The molecule has 11 heteroatoms. The maximum atomic E-state index is 11.0. The Bertz CT molecular complexity index is 692. The monoisotopic (exact) mass is 329 g/mol. The molecule has 0 fully saturated rings. The number of hydrogen-bond donors (Lipinski definition) is 1. The van der Waals surface area contributed by atoms with Crippen LogP contribution in [0.1, 0.15) is 5.56 Å². The fourth-order valence-electron chi connectivity index (χ4n) is 1.50. The van der Waals surface area contributed by atoms with Gasteiger partial charge in [-0.25, -0.2) is 4.68 Å². The van der Waals surface area contributed by atoms with Crippen LogP contribution in [0.2, 0.25) is 5.02 Å². The van der Waals surface area contributed by atoms with Gasteiger partial charge < -0.3 is 5.11 Å². The molecule has 1 N–H and O–H groups in total. The van der Waals surface area contributed by atoms with Crippen molar-refractivity contribution in [2.24, 2.45) is 0 Å². The number of tetrazole rings is 1. The van der Waals surface area contributed by atoms with Crippen molar-refractivity contribution in [1.29, 1.82) is 0 Å². The van der Waals surface area contributed by atoms with E-state index in [4.69, 9.17) is 16.7 Å². The lowest BCUT2D eigenvalue weighted by atomic mass is 10.2. The highest BCUT2D eigenvalue weighted by Gasteiger charge is 2.16. The molecule has 0 spiro atoms. The maximum Gasteiger partial charge on any atom is 0.325 e. The molecule has 1 aromatic heterocycles. The third-order valence-corrected chi connectivity index (χ3v) is 3.63. The average molecular weight is 330 g/mol. The Morgan fingerprint density at radius 2 is 2.29 bits per heavy atom. The summed E-state index contributed by atoms with van der Waals surface area (Å²) in [6.07, 6.45) is 0. The molecule has 0 unspecified atom stereocenters. The summed E-state index contributed by atoms with van der Waals surface area (Å²) < 4.78 is 1.11. The van der Waals surface area contributed by atoms with Crippen molar-refractivity contribution in [3.8, 4) is 0 Å². The summed E-state index contributed by atoms with van der Waals surface area (Å²) in [4.78, 5) is 21.1. The molecule has 2 rings (SSSR count). The molecule has 0 aliphatic carbocycles. The summed E-state index contributed by atoms with van der Waals surface area (Å²) in [7, 11) is 0. The van der Waals surface area contributed by atoms with Crippen molar-refractivity contribution in [2.45, 2.75) is 17.5 Å². The SMILES string of the molecule is O=C(O)Cn1nnnc1SCc1ccc(Cl)cc1[N+](=O)[O-]. The topological polar surface area (TPSA) is 124 Å². The number of aromatic nitrogens is 4. The van der Waals surface area contributed by atoms with Crippen molar-refractivity contribution in [1.82, 2.24) is 20.2 Å². The highest BCUT2D eigenvalue weighted by Crippen LogP contribution is 2.28. The molecule has 0 amide bonds. The fourth-order valence-corrected chi connectivity index (χ4v) is 2.54. The smallest absolute Gasteiger partial charge is 0.325 e. The molecule has 9 nitrogen and oxygen atoms in total. The third kappa shape index (κ3) is 3.89. The number of carboxylic acid groups (broad SMARTS) is 1. The van der Waals surface area contributed by atoms with Gasteiger partial charge in [-0.1, -0.05) is 23.4 Å². The lowest BCUT2D eigenvalue weighted by Gasteiger charge is -2.03. The zero-order valence-electron chi connectivity index (χ0n) is 10.3. The molecule has 0 radical (unpaired) electrons. The normalized spacial score (nSPS) is 10.5.